The maximum absolute atomic E-state index is 13.1. The van der Waals surface area contributed by atoms with Gasteiger partial charge in [0.15, 0.2) is 0 Å². The molecule has 0 radical (unpaired) electrons. The number of rotatable bonds is 5. The average molecular weight is 300 g/mol. The van der Waals surface area contributed by atoms with Gasteiger partial charge in [0.2, 0.25) is 5.91 Å². The summed E-state index contributed by atoms with van der Waals surface area (Å²) >= 11 is 0. The minimum Gasteiger partial charge on any atom is -0.343 e. The number of hydrogen-bond donors (Lipinski definition) is 1. The lowest BCUT2D eigenvalue weighted by Crippen LogP contribution is -2.37. The summed E-state index contributed by atoms with van der Waals surface area (Å²) in [6, 6.07) is 14.8. The van der Waals surface area contributed by atoms with E-state index in [0.29, 0.717) is 11.1 Å². The molecular weight excluding hydrogens is 283 g/mol. The fourth-order valence-electron chi connectivity index (χ4n) is 1.98. The fourth-order valence-corrected chi connectivity index (χ4v) is 1.98. The first-order valence-corrected chi connectivity index (χ1v) is 6.88. The lowest BCUT2D eigenvalue weighted by atomic mass is 10.2. The van der Waals surface area contributed by atoms with Crippen LogP contribution in [0.15, 0.2) is 54.6 Å². The van der Waals surface area contributed by atoms with E-state index >= 15 is 0 Å². The number of nitrogens with one attached hydrogen (secondary N) is 1. The van der Waals surface area contributed by atoms with Crippen LogP contribution in [0.25, 0.3) is 0 Å². The maximum atomic E-state index is 13.1. The summed E-state index contributed by atoms with van der Waals surface area (Å²) in [6.07, 6.45) is 0. The van der Waals surface area contributed by atoms with Gasteiger partial charge in [-0.1, -0.05) is 30.3 Å². The maximum Gasteiger partial charge on any atom is 0.251 e. The highest BCUT2D eigenvalue weighted by Gasteiger charge is 2.12. The number of nitrogens with zero attached hydrogens (tertiary/aromatic N) is 1. The highest BCUT2D eigenvalue weighted by atomic mass is 19.1. The van der Waals surface area contributed by atoms with Crippen LogP contribution < -0.4 is 5.32 Å². The summed E-state index contributed by atoms with van der Waals surface area (Å²) < 4.78 is 13.1. The number of halogens is 1. The monoisotopic (exact) mass is 300 g/mol. The van der Waals surface area contributed by atoms with Crippen molar-refractivity contribution in [1.82, 2.24) is 10.2 Å². The van der Waals surface area contributed by atoms with E-state index in [1.807, 2.05) is 6.07 Å². The van der Waals surface area contributed by atoms with Gasteiger partial charge in [-0.3, -0.25) is 9.59 Å². The molecule has 0 aliphatic carbocycles. The first-order chi connectivity index (χ1) is 10.6. The van der Waals surface area contributed by atoms with E-state index in [9.17, 15) is 14.0 Å². The van der Waals surface area contributed by atoms with Crippen LogP contribution in [0.4, 0.5) is 4.39 Å². The lowest BCUT2D eigenvalue weighted by Gasteiger charge is -2.17. The lowest BCUT2D eigenvalue weighted by molar-refractivity contribution is -0.129. The summed E-state index contributed by atoms with van der Waals surface area (Å²) in [5.74, 6) is -0.877. The number of carbonyl (C=O) groups is 2. The first kappa shape index (κ1) is 15.7. The highest BCUT2D eigenvalue weighted by molar-refractivity contribution is 5.96. The van der Waals surface area contributed by atoms with Crippen molar-refractivity contribution in [3.63, 3.8) is 0 Å². The largest absolute Gasteiger partial charge is 0.343 e. The predicted molar refractivity (Wildman–Crippen MR) is 81.6 cm³/mol. The molecule has 4 nitrogen and oxygen atoms in total. The third-order valence-electron chi connectivity index (χ3n) is 3.17. The zero-order chi connectivity index (χ0) is 15.9. The van der Waals surface area contributed by atoms with Gasteiger partial charge in [-0.25, -0.2) is 4.39 Å². The average Bonchev–Trinajstić information content (AvgIpc) is 2.53. The van der Waals surface area contributed by atoms with Gasteiger partial charge in [0, 0.05) is 19.2 Å². The molecule has 1 N–H and O–H groups in total. The molecule has 0 atom stereocenters. The molecule has 0 spiro atoms. The molecule has 2 rings (SSSR count). The van der Waals surface area contributed by atoms with Crippen LogP contribution in [0.2, 0.25) is 0 Å². The molecule has 2 aromatic rings. The van der Waals surface area contributed by atoms with Gasteiger partial charge in [-0.15, -0.1) is 0 Å². The van der Waals surface area contributed by atoms with Gasteiger partial charge in [-0.2, -0.15) is 0 Å². The normalized spacial score (nSPS) is 10.1. The molecule has 0 unspecified atom stereocenters. The second-order valence-electron chi connectivity index (χ2n) is 4.93. The Morgan fingerprint density at radius 1 is 1.09 bits per heavy atom. The Balaban J connectivity index is 1.85. The van der Waals surface area contributed by atoms with Crippen molar-refractivity contribution in [1.29, 1.82) is 0 Å². The van der Waals surface area contributed by atoms with E-state index in [0.717, 1.165) is 0 Å². The Hall–Kier alpha value is -2.69. The van der Waals surface area contributed by atoms with Crippen molar-refractivity contribution in [2.75, 3.05) is 13.6 Å². The minimum absolute atomic E-state index is 0.0977. The predicted octanol–water partition coefficient (Wildman–Crippen LogP) is 2.21. The fraction of sp³-hybridized carbons (Fsp3) is 0.176. The van der Waals surface area contributed by atoms with E-state index in [4.69, 9.17) is 0 Å². The van der Waals surface area contributed by atoms with Crippen molar-refractivity contribution in [2.45, 2.75) is 6.54 Å². The quantitative estimate of drug-likeness (QED) is 0.920. The topological polar surface area (TPSA) is 49.4 Å². The third kappa shape index (κ3) is 4.41. The van der Waals surface area contributed by atoms with E-state index in [1.165, 1.54) is 17.0 Å². The van der Waals surface area contributed by atoms with Gasteiger partial charge in [0.1, 0.15) is 5.82 Å². The van der Waals surface area contributed by atoms with Gasteiger partial charge in [-0.05, 0) is 29.8 Å². The van der Waals surface area contributed by atoms with Crippen LogP contribution in [0, 0.1) is 5.82 Å². The number of benzene rings is 2. The first-order valence-electron chi connectivity index (χ1n) is 6.88. The van der Waals surface area contributed by atoms with Gasteiger partial charge >= 0.3 is 0 Å². The molecule has 22 heavy (non-hydrogen) atoms. The zero-order valence-corrected chi connectivity index (χ0v) is 12.3. The molecule has 0 saturated heterocycles. The molecule has 2 amide bonds. The second kappa shape index (κ2) is 7.36. The van der Waals surface area contributed by atoms with Crippen molar-refractivity contribution < 1.29 is 14.0 Å². The van der Waals surface area contributed by atoms with E-state index in [-0.39, 0.29) is 30.7 Å². The molecule has 0 bridgehead atoms. The number of carbonyl (C=O) groups excluding carboxylic acids is 2. The molecule has 0 fully saturated rings. The SMILES string of the molecule is CN(Cc1cccc(F)c1)C(=O)CNC(=O)c1ccccc1. The second-order valence-corrected chi connectivity index (χ2v) is 4.93. The number of likely N-dealkylation sites (N-methyl/N-ethyl adjacent to an activating group) is 1. The van der Waals surface area contributed by atoms with Crippen LogP contribution in [0.5, 0.6) is 0 Å². The molecule has 0 aliphatic heterocycles. The van der Waals surface area contributed by atoms with Crippen LogP contribution in [0.3, 0.4) is 0 Å². The standard InChI is InChI=1S/C17H17FN2O2/c1-20(12-13-6-5-9-15(18)10-13)16(21)11-19-17(22)14-7-3-2-4-8-14/h2-10H,11-12H2,1H3,(H,19,22). The van der Waals surface area contributed by atoms with Gasteiger partial charge in [0.05, 0.1) is 6.54 Å². The van der Waals surface area contributed by atoms with Crippen molar-refractivity contribution in [3.05, 3.63) is 71.5 Å². The summed E-state index contributed by atoms with van der Waals surface area (Å²) in [5, 5.41) is 2.57. The van der Waals surface area contributed by atoms with E-state index < -0.39 is 0 Å². The molecule has 0 saturated carbocycles. The third-order valence-corrected chi connectivity index (χ3v) is 3.17. The molecule has 0 aliphatic rings. The molecule has 5 heteroatoms. The van der Waals surface area contributed by atoms with Crippen molar-refractivity contribution >= 4 is 11.8 Å². The van der Waals surface area contributed by atoms with E-state index in [1.54, 1.807) is 43.4 Å². The van der Waals surface area contributed by atoms with Crippen molar-refractivity contribution in [2.24, 2.45) is 0 Å². The highest BCUT2D eigenvalue weighted by Crippen LogP contribution is 2.06. The summed E-state index contributed by atoms with van der Waals surface area (Å²) in [7, 11) is 1.61. The van der Waals surface area contributed by atoms with Gasteiger partial charge < -0.3 is 10.2 Å². The van der Waals surface area contributed by atoms with Gasteiger partial charge in [0.25, 0.3) is 5.91 Å². The van der Waals surface area contributed by atoms with Crippen LogP contribution in [-0.2, 0) is 11.3 Å². The smallest absolute Gasteiger partial charge is 0.251 e. The Morgan fingerprint density at radius 2 is 1.82 bits per heavy atom. The van der Waals surface area contributed by atoms with Crippen LogP contribution >= 0.6 is 0 Å². The molecule has 0 aromatic heterocycles. The molecular formula is C17H17FN2O2. The summed E-state index contributed by atoms with van der Waals surface area (Å²) in [5.41, 5.74) is 1.20. The molecule has 2 aromatic carbocycles. The number of hydrogen-bond acceptors (Lipinski definition) is 2. The Kier molecular flexibility index (Phi) is 5.25. The Labute approximate surface area is 128 Å². The summed E-state index contributed by atoms with van der Waals surface area (Å²) in [4.78, 5) is 25.3. The molecule has 114 valence electrons. The minimum atomic E-state index is -0.337. The molecule has 0 heterocycles. The van der Waals surface area contributed by atoms with E-state index in [2.05, 4.69) is 5.32 Å². The number of amides is 2. The van der Waals surface area contributed by atoms with Crippen LogP contribution in [-0.4, -0.2) is 30.3 Å². The summed E-state index contributed by atoms with van der Waals surface area (Å²) in [6.45, 7) is 0.192. The Morgan fingerprint density at radius 3 is 2.50 bits per heavy atom. The van der Waals surface area contributed by atoms with Crippen molar-refractivity contribution in [3.8, 4) is 0 Å². The Bertz CT molecular complexity index is 659. The van der Waals surface area contributed by atoms with Crippen LogP contribution in [0.1, 0.15) is 15.9 Å². The zero-order valence-electron chi connectivity index (χ0n) is 12.3.